The Balaban J connectivity index is 1.25. The first kappa shape index (κ1) is 17.2. The van der Waals surface area contributed by atoms with E-state index in [4.69, 9.17) is 4.42 Å². The van der Waals surface area contributed by atoms with Gasteiger partial charge >= 0.3 is 0 Å². The Morgan fingerprint density at radius 2 is 1.79 bits per heavy atom. The number of carbonyl (C=O) groups is 1. The number of hydrogen-bond donors (Lipinski definition) is 0. The second-order valence-corrected chi connectivity index (χ2v) is 7.70. The van der Waals surface area contributed by atoms with Crippen LogP contribution in [-0.2, 0) is 4.79 Å². The standard InChI is InChI=1S/C22H24N4O2/c27-21(26-13-3-5-19(26)16-7-11-23-12-8-16)17-9-14-25(15-10-17)22-24-18-4-1-2-6-20(18)28-22/h1-2,4,6-8,11-12,17,19H,3,5,9-10,13-15H2/t19-/m1/s1. The number of rotatable bonds is 3. The highest BCUT2D eigenvalue weighted by atomic mass is 16.4. The Morgan fingerprint density at radius 3 is 2.57 bits per heavy atom. The molecule has 1 atom stereocenters. The summed E-state index contributed by atoms with van der Waals surface area (Å²) in [6.07, 6.45) is 7.43. The van der Waals surface area contributed by atoms with Crippen molar-refractivity contribution in [1.29, 1.82) is 0 Å². The molecule has 0 spiro atoms. The van der Waals surface area contributed by atoms with E-state index in [0.29, 0.717) is 11.9 Å². The van der Waals surface area contributed by atoms with Gasteiger partial charge in [0.1, 0.15) is 5.52 Å². The van der Waals surface area contributed by atoms with Crippen LogP contribution in [0, 0.1) is 5.92 Å². The van der Waals surface area contributed by atoms with Gasteiger partial charge in [0.05, 0.1) is 6.04 Å². The number of nitrogens with zero attached hydrogens (tertiary/aromatic N) is 4. The molecule has 6 nitrogen and oxygen atoms in total. The van der Waals surface area contributed by atoms with E-state index in [-0.39, 0.29) is 12.0 Å². The highest BCUT2D eigenvalue weighted by Crippen LogP contribution is 2.35. The lowest BCUT2D eigenvalue weighted by atomic mass is 9.94. The van der Waals surface area contributed by atoms with E-state index in [9.17, 15) is 4.79 Å². The number of pyridine rings is 1. The second-order valence-electron chi connectivity index (χ2n) is 7.70. The lowest BCUT2D eigenvalue weighted by Gasteiger charge is -2.34. The van der Waals surface area contributed by atoms with Crippen molar-refractivity contribution in [3.63, 3.8) is 0 Å². The molecular formula is C22H24N4O2. The van der Waals surface area contributed by atoms with Gasteiger partial charge in [-0.05, 0) is 55.5 Å². The van der Waals surface area contributed by atoms with Gasteiger partial charge in [0.2, 0.25) is 5.91 Å². The van der Waals surface area contributed by atoms with Gasteiger partial charge in [-0.25, -0.2) is 0 Å². The van der Waals surface area contributed by atoms with E-state index in [2.05, 4.69) is 19.8 Å². The van der Waals surface area contributed by atoms with Gasteiger partial charge in [-0.2, -0.15) is 4.98 Å². The van der Waals surface area contributed by atoms with Gasteiger partial charge in [-0.15, -0.1) is 0 Å². The van der Waals surface area contributed by atoms with Crippen LogP contribution >= 0.6 is 0 Å². The van der Waals surface area contributed by atoms with E-state index in [1.165, 1.54) is 5.56 Å². The van der Waals surface area contributed by atoms with Crippen LogP contribution in [0.15, 0.2) is 53.2 Å². The molecule has 2 saturated heterocycles. The van der Waals surface area contributed by atoms with Gasteiger partial charge in [-0.3, -0.25) is 9.78 Å². The first-order valence-electron chi connectivity index (χ1n) is 10.1. The van der Waals surface area contributed by atoms with Crippen molar-refractivity contribution >= 4 is 23.0 Å². The van der Waals surface area contributed by atoms with Crippen molar-refractivity contribution in [1.82, 2.24) is 14.9 Å². The molecule has 0 N–H and O–H groups in total. The van der Waals surface area contributed by atoms with Crippen LogP contribution in [0.25, 0.3) is 11.1 Å². The van der Waals surface area contributed by atoms with E-state index in [0.717, 1.165) is 56.4 Å². The number of piperidine rings is 1. The van der Waals surface area contributed by atoms with Gasteiger partial charge in [-0.1, -0.05) is 12.1 Å². The number of aromatic nitrogens is 2. The van der Waals surface area contributed by atoms with E-state index >= 15 is 0 Å². The van der Waals surface area contributed by atoms with E-state index < -0.39 is 0 Å². The highest BCUT2D eigenvalue weighted by Gasteiger charge is 2.35. The maximum atomic E-state index is 13.2. The van der Waals surface area contributed by atoms with Crippen molar-refractivity contribution in [2.75, 3.05) is 24.5 Å². The minimum atomic E-state index is 0.0862. The molecule has 1 amide bonds. The van der Waals surface area contributed by atoms with Crippen LogP contribution in [0.2, 0.25) is 0 Å². The summed E-state index contributed by atoms with van der Waals surface area (Å²) in [5.74, 6) is 0.389. The van der Waals surface area contributed by atoms with Crippen LogP contribution in [0.4, 0.5) is 6.01 Å². The van der Waals surface area contributed by atoms with Crippen LogP contribution in [0.1, 0.15) is 37.3 Å². The third kappa shape index (κ3) is 3.13. The Bertz CT molecular complexity index is 930. The summed E-state index contributed by atoms with van der Waals surface area (Å²) < 4.78 is 5.89. The molecule has 4 heterocycles. The summed E-state index contributed by atoms with van der Waals surface area (Å²) in [5, 5.41) is 0. The molecule has 1 aromatic carbocycles. The summed E-state index contributed by atoms with van der Waals surface area (Å²) in [6, 6.07) is 12.8. The Kier molecular flexibility index (Phi) is 4.47. The van der Waals surface area contributed by atoms with Crippen LogP contribution in [0.5, 0.6) is 0 Å². The molecule has 2 aliphatic rings. The number of likely N-dealkylation sites (tertiary alicyclic amines) is 1. The minimum absolute atomic E-state index is 0.0862. The van der Waals surface area contributed by atoms with Crippen LogP contribution in [0.3, 0.4) is 0 Å². The molecule has 0 bridgehead atoms. The molecule has 3 aromatic rings. The number of fused-ring (bicyclic) bond motifs is 1. The van der Waals surface area contributed by atoms with Gasteiger partial charge in [0, 0.05) is 37.9 Å². The third-order valence-electron chi connectivity index (χ3n) is 6.02. The normalized spacial score (nSPS) is 20.8. The van der Waals surface area contributed by atoms with Gasteiger partial charge < -0.3 is 14.2 Å². The highest BCUT2D eigenvalue weighted by molar-refractivity contribution is 5.80. The zero-order valence-corrected chi connectivity index (χ0v) is 15.8. The molecule has 0 aliphatic carbocycles. The number of hydrogen-bond acceptors (Lipinski definition) is 5. The smallest absolute Gasteiger partial charge is 0.298 e. The molecule has 5 rings (SSSR count). The van der Waals surface area contributed by atoms with Crippen molar-refractivity contribution in [2.45, 2.75) is 31.7 Å². The van der Waals surface area contributed by atoms with E-state index in [1.54, 1.807) is 0 Å². The van der Waals surface area contributed by atoms with Crippen molar-refractivity contribution in [3.8, 4) is 0 Å². The number of oxazole rings is 1. The maximum absolute atomic E-state index is 13.2. The average molecular weight is 376 g/mol. The van der Waals surface area contributed by atoms with Gasteiger partial charge in [0.15, 0.2) is 5.58 Å². The lowest BCUT2D eigenvalue weighted by Crippen LogP contribution is -2.42. The Hall–Kier alpha value is -2.89. The predicted molar refractivity (Wildman–Crippen MR) is 107 cm³/mol. The molecule has 2 fully saturated rings. The minimum Gasteiger partial charge on any atom is -0.423 e. The molecule has 0 radical (unpaired) electrons. The fraction of sp³-hybridized carbons (Fsp3) is 0.409. The molecule has 6 heteroatoms. The SMILES string of the molecule is O=C(C1CCN(c2nc3ccccc3o2)CC1)N1CCC[C@@H]1c1ccncc1. The number of benzene rings is 1. The molecule has 144 valence electrons. The molecule has 0 unspecified atom stereocenters. The Labute approximate surface area is 164 Å². The largest absolute Gasteiger partial charge is 0.423 e. The molecule has 2 aromatic heterocycles. The summed E-state index contributed by atoms with van der Waals surface area (Å²) in [7, 11) is 0. The summed E-state index contributed by atoms with van der Waals surface area (Å²) in [6.45, 7) is 2.46. The first-order chi connectivity index (χ1) is 13.8. The summed E-state index contributed by atoms with van der Waals surface area (Å²) in [5.41, 5.74) is 2.89. The zero-order valence-electron chi connectivity index (χ0n) is 15.8. The number of amides is 1. The molecule has 2 aliphatic heterocycles. The molecular weight excluding hydrogens is 352 g/mol. The quantitative estimate of drug-likeness (QED) is 0.696. The first-order valence-corrected chi connectivity index (χ1v) is 10.1. The van der Waals surface area contributed by atoms with Gasteiger partial charge in [0.25, 0.3) is 6.01 Å². The van der Waals surface area contributed by atoms with Crippen LogP contribution < -0.4 is 4.90 Å². The summed E-state index contributed by atoms with van der Waals surface area (Å²) >= 11 is 0. The fourth-order valence-electron chi connectivity index (χ4n) is 4.51. The van der Waals surface area contributed by atoms with Crippen molar-refractivity contribution < 1.29 is 9.21 Å². The monoisotopic (exact) mass is 376 g/mol. The fourth-order valence-corrected chi connectivity index (χ4v) is 4.51. The van der Waals surface area contributed by atoms with Crippen molar-refractivity contribution in [3.05, 3.63) is 54.4 Å². The maximum Gasteiger partial charge on any atom is 0.298 e. The predicted octanol–water partition coefficient (Wildman–Crippen LogP) is 3.80. The number of para-hydroxylation sites is 2. The van der Waals surface area contributed by atoms with Crippen molar-refractivity contribution in [2.24, 2.45) is 5.92 Å². The number of carbonyl (C=O) groups excluding carboxylic acids is 1. The molecule has 0 saturated carbocycles. The number of anilines is 1. The summed E-state index contributed by atoms with van der Waals surface area (Å²) in [4.78, 5) is 26.2. The average Bonchev–Trinajstić information content (AvgIpc) is 3.41. The second kappa shape index (κ2) is 7.26. The molecule has 28 heavy (non-hydrogen) atoms. The topological polar surface area (TPSA) is 62.5 Å². The third-order valence-corrected chi connectivity index (χ3v) is 6.02. The Morgan fingerprint density at radius 1 is 1.00 bits per heavy atom. The lowest BCUT2D eigenvalue weighted by molar-refractivity contribution is -0.137. The van der Waals surface area contributed by atoms with E-state index in [1.807, 2.05) is 48.8 Å². The zero-order chi connectivity index (χ0) is 18.9. The van der Waals surface area contributed by atoms with Crippen LogP contribution in [-0.4, -0.2) is 40.4 Å².